The monoisotopic (exact) mass is 541 g/mol. The van der Waals surface area contributed by atoms with E-state index in [0.29, 0.717) is 34.9 Å². The Morgan fingerprint density at radius 1 is 1.18 bits per heavy atom. The van der Waals surface area contributed by atoms with Gasteiger partial charge in [0, 0.05) is 47.9 Å². The number of piperidine rings is 1. The molecule has 1 saturated heterocycles. The third kappa shape index (κ3) is 7.27. The van der Waals surface area contributed by atoms with Crippen LogP contribution in [0.2, 0.25) is 0 Å². The van der Waals surface area contributed by atoms with E-state index in [1.54, 1.807) is 19.3 Å². The maximum absolute atomic E-state index is 15.3. The number of aromatic nitrogens is 2. The van der Waals surface area contributed by atoms with Crippen LogP contribution in [0, 0.1) is 24.1 Å². The molecule has 8 heteroatoms. The fourth-order valence-corrected chi connectivity index (χ4v) is 5.70. The standard InChI is InChI=1S/C31H44FN3O4/c1-20-25(27(29(36)37)39-30(2,3)4)26(35-14-12-31(5,6)13-15-35)23(19-33-20)22-17-24(32)28(34-18-22)38-16-11-21-9-7-8-10-21/h17-19,21,27H,7-16H2,1-6H3,(H,36,37)/t27-/m0/s1. The average molecular weight is 542 g/mol. The number of carboxylic acid groups (broad SMARTS) is 1. The molecule has 1 aliphatic heterocycles. The Morgan fingerprint density at radius 2 is 1.85 bits per heavy atom. The fourth-order valence-electron chi connectivity index (χ4n) is 5.70. The molecule has 1 atom stereocenters. The topological polar surface area (TPSA) is 84.8 Å². The van der Waals surface area contributed by atoms with Crippen LogP contribution in [0.15, 0.2) is 18.5 Å². The number of pyridine rings is 2. The Bertz CT molecular complexity index is 1160. The average Bonchev–Trinajstić information content (AvgIpc) is 3.37. The summed E-state index contributed by atoms with van der Waals surface area (Å²) in [5.41, 5.74) is 2.48. The van der Waals surface area contributed by atoms with Gasteiger partial charge in [-0.25, -0.2) is 14.2 Å². The van der Waals surface area contributed by atoms with E-state index in [4.69, 9.17) is 9.47 Å². The van der Waals surface area contributed by atoms with Crippen LogP contribution in [0.5, 0.6) is 5.88 Å². The highest BCUT2D eigenvalue weighted by Gasteiger charge is 2.36. The van der Waals surface area contributed by atoms with E-state index >= 15 is 4.39 Å². The van der Waals surface area contributed by atoms with Gasteiger partial charge < -0.3 is 19.5 Å². The number of ether oxygens (including phenoxy) is 2. The summed E-state index contributed by atoms with van der Waals surface area (Å²) in [4.78, 5) is 23.7. The fraction of sp³-hybridized carbons (Fsp3) is 0.645. The minimum atomic E-state index is -1.22. The van der Waals surface area contributed by atoms with E-state index in [0.717, 1.165) is 38.0 Å². The van der Waals surface area contributed by atoms with E-state index in [2.05, 4.69) is 28.7 Å². The van der Waals surface area contributed by atoms with Crippen LogP contribution in [0.3, 0.4) is 0 Å². The summed E-state index contributed by atoms with van der Waals surface area (Å²) in [6.45, 7) is 13.8. The molecule has 0 amide bonds. The number of anilines is 1. The molecule has 1 N–H and O–H groups in total. The summed E-state index contributed by atoms with van der Waals surface area (Å²) < 4.78 is 27.1. The lowest BCUT2D eigenvalue weighted by atomic mass is 9.82. The largest absolute Gasteiger partial charge is 0.479 e. The maximum atomic E-state index is 15.3. The van der Waals surface area contributed by atoms with Gasteiger partial charge in [0.2, 0.25) is 5.88 Å². The summed E-state index contributed by atoms with van der Waals surface area (Å²) in [6, 6.07) is 1.42. The Kier molecular flexibility index (Phi) is 8.84. The third-order valence-electron chi connectivity index (χ3n) is 8.04. The van der Waals surface area contributed by atoms with Gasteiger partial charge in [-0.2, -0.15) is 0 Å². The Hall–Kier alpha value is -2.74. The first-order valence-corrected chi connectivity index (χ1v) is 14.3. The number of rotatable bonds is 9. The molecule has 0 spiro atoms. The van der Waals surface area contributed by atoms with Crippen molar-refractivity contribution in [2.75, 3.05) is 24.6 Å². The minimum absolute atomic E-state index is 0.00204. The van der Waals surface area contributed by atoms with Crippen LogP contribution in [0.4, 0.5) is 10.1 Å². The van der Waals surface area contributed by atoms with Crippen molar-refractivity contribution < 1.29 is 23.8 Å². The molecule has 214 valence electrons. The molecule has 1 saturated carbocycles. The van der Waals surface area contributed by atoms with Crippen LogP contribution in [0.1, 0.15) is 96.9 Å². The number of aryl methyl sites for hydroxylation is 1. The van der Waals surface area contributed by atoms with Gasteiger partial charge in [0.1, 0.15) is 0 Å². The number of hydrogen-bond donors (Lipinski definition) is 1. The summed E-state index contributed by atoms with van der Waals surface area (Å²) in [7, 11) is 0. The Morgan fingerprint density at radius 3 is 2.44 bits per heavy atom. The number of carbonyl (C=O) groups is 1. The van der Waals surface area contributed by atoms with Crippen molar-refractivity contribution in [3.8, 4) is 17.0 Å². The highest BCUT2D eigenvalue weighted by atomic mass is 19.1. The molecule has 0 aromatic carbocycles. The SMILES string of the molecule is Cc1ncc(-c2cnc(OCCC3CCCC3)c(F)c2)c(N2CCC(C)(C)CC2)c1[C@H](OC(C)(C)C)C(=O)O. The second-order valence-electron chi connectivity index (χ2n) is 12.9. The van der Waals surface area contributed by atoms with Gasteiger partial charge in [0.25, 0.3) is 0 Å². The molecule has 4 rings (SSSR count). The number of nitrogens with zero attached hydrogens (tertiary/aromatic N) is 3. The van der Waals surface area contributed by atoms with E-state index in [-0.39, 0.29) is 11.3 Å². The van der Waals surface area contributed by atoms with Crippen LogP contribution in [-0.4, -0.2) is 46.3 Å². The second kappa shape index (κ2) is 11.8. The summed E-state index contributed by atoms with van der Waals surface area (Å²) >= 11 is 0. The molecule has 2 aromatic heterocycles. The Labute approximate surface area is 232 Å². The van der Waals surface area contributed by atoms with Crippen LogP contribution in [0.25, 0.3) is 11.1 Å². The predicted octanol–water partition coefficient (Wildman–Crippen LogP) is 7.12. The lowest BCUT2D eigenvalue weighted by Gasteiger charge is -2.40. The number of aliphatic carboxylic acids is 1. The van der Waals surface area contributed by atoms with Crippen molar-refractivity contribution in [3.63, 3.8) is 0 Å². The van der Waals surface area contributed by atoms with Gasteiger partial charge in [0.15, 0.2) is 11.9 Å². The molecule has 2 fully saturated rings. The van der Waals surface area contributed by atoms with Gasteiger partial charge in [-0.05, 0) is 64.4 Å². The van der Waals surface area contributed by atoms with Gasteiger partial charge >= 0.3 is 5.97 Å². The van der Waals surface area contributed by atoms with Crippen molar-refractivity contribution in [3.05, 3.63) is 35.5 Å². The third-order valence-corrected chi connectivity index (χ3v) is 8.04. The molecule has 2 aromatic rings. The molecule has 39 heavy (non-hydrogen) atoms. The predicted molar refractivity (Wildman–Crippen MR) is 151 cm³/mol. The summed E-state index contributed by atoms with van der Waals surface area (Å²) in [6.07, 6.45) is 9.84. The van der Waals surface area contributed by atoms with E-state index in [1.165, 1.54) is 31.7 Å². The minimum Gasteiger partial charge on any atom is -0.479 e. The van der Waals surface area contributed by atoms with Crippen molar-refractivity contribution in [2.45, 2.75) is 98.2 Å². The quantitative estimate of drug-likeness (QED) is 0.362. The van der Waals surface area contributed by atoms with Gasteiger partial charge in [-0.15, -0.1) is 0 Å². The molecule has 3 heterocycles. The first kappa shape index (κ1) is 29.2. The van der Waals surface area contributed by atoms with E-state index < -0.39 is 23.5 Å². The normalized spacial score (nSPS) is 18.8. The van der Waals surface area contributed by atoms with Crippen molar-refractivity contribution >= 4 is 11.7 Å². The summed E-state index contributed by atoms with van der Waals surface area (Å²) in [5, 5.41) is 10.3. The van der Waals surface area contributed by atoms with Crippen molar-refractivity contribution in [2.24, 2.45) is 11.3 Å². The first-order valence-electron chi connectivity index (χ1n) is 14.3. The molecular weight excluding hydrogens is 497 g/mol. The lowest BCUT2D eigenvalue weighted by molar-refractivity contribution is -0.160. The zero-order valence-corrected chi connectivity index (χ0v) is 24.3. The zero-order valence-electron chi connectivity index (χ0n) is 24.3. The molecule has 0 unspecified atom stereocenters. The highest BCUT2D eigenvalue weighted by Crippen LogP contribution is 2.43. The van der Waals surface area contributed by atoms with Crippen LogP contribution < -0.4 is 9.64 Å². The molecule has 0 radical (unpaired) electrons. The van der Waals surface area contributed by atoms with Gasteiger partial charge in [-0.3, -0.25) is 4.98 Å². The molecule has 0 bridgehead atoms. The lowest BCUT2D eigenvalue weighted by Crippen LogP contribution is -2.39. The van der Waals surface area contributed by atoms with E-state index in [1.807, 2.05) is 20.8 Å². The Balaban J connectivity index is 1.72. The molecule has 2 aliphatic rings. The van der Waals surface area contributed by atoms with Crippen LogP contribution >= 0.6 is 0 Å². The molecular formula is C31H44FN3O4. The highest BCUT2D eigenvalue weighted by molar-refractivity contribution is 5.86. The number of hydrogen-bond acceptors (Lipinski definition) is 6. The van der Waals surface area contributed by atoms with Crippen LogP contribution in [-0.2, 0) is 9.53 Å². The van der Waals surface area contributed by atoms with Crippen molar-refractivity contribution in [1.29, 1.82) is 0 Å². The number of halogens is 1. The van der Waals surface area contributed by atoms with Gasteiger partial charge in [0.05, 0.1) is 17.9 Å². The smallest absolute Gasteiger partial charge is 0.337 e. The van der Waals surface area contributed by atoms with E-state index in [9.17, 15) is 9.90 Å². The van der Waals surface area contributed by atoms with Gasteiger partial charge in [-0.1, -0.05) is 39.5 Å². The molecule has 1 aliphatic carbocycles. The number of carboxylic acids is 1. The maximum Gasteiger partial charge on any atom is 0.337 e. The first-order chi connectivity index (χ1) is 18.3. The molecule has 7 nitrogen and oxygen atoms in total. The zero-order chi connectivity index (χ0) is 28.4. The second-order valence-corrected chi connectivity index (χ2v) is 12.9. The van der Waals surface area contributed by atoms with Crippen molar-refractivity contribution in [1.82, 2.24) is 9.97 Å². The summed E-state index contributed by atoms with van der Waals surface area (Å²) in [5.74, 6) is -0.967.